The van der Waals surface area contributed by atoms with Gasteiger partial charge in [-0.25, -0.2) is 4.58 Å². The lowest BCUT2D eigenvalue weighted by atomic mass is 10.3. The van der Waals surface area contributed by atoms with Crippen molar-refractivity contribution in [2.75, 3.05) is 20.1 Å². The minimum absolute atomic E-state index is 1.20. The average Bonchev–Trinajstić information content (AvgIpc) is 2.58. The fourth-order valence-corrected chi connectivity index (χ4v) is 1.56. The molecule has 0 spiro atoms. The Labute approximate surface area is 80.9 Å². The van der Waals surface area contributed by atoms with E-state index in [1.807, 2.05) is 17.8 Å². The number of allylic oxidation sites excluding steroid dienone is 2. The Kier molecular flexibility index (Phi) is 3.74. The van der Waals surface area contributed by atoms with Gasteiger partial charge in [0.2, 0.25) is 0 Å². The van der Waals surface area contributed by atoms with Gasteiger partial charge in [-0.3, -0.25) is 0 Å². The molecule has 0 radical (unpaired) electrons. The summed E-state index contributed by atoms with van der Waals surface area (Å²) in [5.74, 6) is 0. The fourth-order valence-electron chi connectivity index (χ4n) is 1.56. The zero-order valence-corrected chi connectivity index (χ0v) is 8.66. The maximum Gasteiger partial charge on any atom is 0.170 e. The molecule has 0 saturated carbocycles. The second-order valence-corrected chi connectivity index (χ2v) is 3.48. The van der Waals surface area contributed by atoms with Gasteiger partial charge in [0.15, 0.2) is 6.20 Å². The van der Waals surface area contributed by atoms with Crippen LogP contribution in [-0.2, 0) is 0 Å². The first-order valence-electron chi connectivity index (χ1n) is 4.87. The van der Waals surface area contributed by atoms with Crippen molar-refractivity contribution in [3.05, 3.63) is 24.0 Å². The minimum Gasteiger partial charge on any atom is -0.372 e. The van der Waals surface area contributed by atoms with E-state index >= 15 is 0 Å². The number of hydrogen-bond acceptors (Lipinski definition) is 1. The van der Waals surface area contributed by atoms with Crippen LogP contribution >= 0.6 is 0 Å². The SMILES string of the molecule is C=[N+](C)/C=C\C(=C/C)N1CCCC1. The largest absolute Gasteiger partial charge is 0.372 e. The molecule has 1 saturated heterocycles. The Morgan fingerprint density at radius 3 is 2.46 bits per heavy atom. The summed E-state index contributed by atoms with van der Waals surface area (Å²) in [6, 6.07) is 0. The summed E-state index contributed by atoms with van der Waals surface area (Å²) in [5.41, 5.74) is 1.31. The Bertz CT molecular complexity index is 232. The van der Waals surface area contributed by atoms with Gasteiger partial charge in [-0.2, -0.15) is 0 Å². The quantitative estimate of drug-likeness (QED) is 0.364. The summed E-state index contributed by atoms with van der Waals surface area (Å²) in [6.45, 7) is 8.26. The molecule has 1 aliphatic rings. The number of hydrogen-bond donors (Lipinski definition) is 0. The molecule has 1 rings (SSSR count). The van der Waals surface area contributed by atoms with E-state index in [0.717, 1.165) is 0 Å². The van der Waals surface area contributed by atoms with Crippen LogP contribution in [0.4, 0.5) is 0 Å². The second-order valence-electron chi connectivity index (χ2n) is 3.48. The van der Waals surface area contributed by atoms with Gasteiger partial charge in [0.05, 0.1) is 0 Å². The fraction of sp³-hybridized carbons (Fsp3) is 0.545. The lowest BCUT2D eigenvalue weighted by Gasteiger charge is -2.17. The molecule has 13 heavy (non-hydrogen) atoms. The zero-order chi connectivity index (χ0) is 9.68. The normalized spacial score (nSPS) is 18.6. The average molecular weight is 179 g/mol. The Morgan fingerprint density at radius 2 is 2.00 bits per heavy atom. The van der Waals surface area contributed by atoms with Gasteiger partial charge >= 0.3 is 0 Å². The van der Waals surface area contributed by atoms with Crippen LogP contribution in [0.25, 0.3) is 0 Å². The standard InChI is InChI=1S/C11H19N2/c1-4-11(7-10-12(2)3)13-8-5-6-9-13/h4,7,10H,2,5-6,8-9H2,1,3H3/q+1/b10-7-,11-4+. The van der Waals surface area contributed by atoms with E-state index in [-0.39, 0.29) is 0 Å². The van der Waals surface area contributed by atoms with Crippen molar-refractivity contribution in [2.45, 2.75) is 19.8 Å². The van der Waals surface area contributed by atoms with E-state index in [4.69, 9.17) is 0 Å². The van der Waals surface area contributed by atoms with Crippen LogP contribution in [0.2, 0.25) is 0 Å². The third-order valence-corrected chi connectivity index (χ3v) is 2.27. The monoisotopic (exact) mass is 179 g/mol. The zero-order valence-electron chi connectivity index (χ0n) is 8.66. The van der Waals surface area contributed by atoms with Crippen LogP contribution in [-0.4, -0.2) is 36.3 Å². The van der Waals surface area contributed by atoms with Crippen LogP contribution in [0, 0.1) is 0 Å². The van der Waals surface area contributed by atoms with Gasteiger partial charge in [-0.1, -0.05) is 6.08 Å². The Balaban J connectivity index is 2.57. The molecule has 0 N–H and O–H groups in total. The molecule has 0 bridgehead atoms. The van der Waals surface area contributed by atoms with Crippen LogP contribution in [0.15, 0.2) is 24.0 Å². The number of nitrogens with zero attached hydrogens (tertiary/aromatic N) is 2. The summed E-state index contributed by atoms with van der Waals surface area (Å²) in [7, 11) is 1.94. The molecule has 0 unspecified atom stereocenters. The molecule has 0 amide bonds. The lowest BCUT2D eigenvalue weighted by molar-refractivity contribution is -0.412. The second kappa shape index (κ2) is 4.85. The van der Waals surface area contributed by atoms with Gasteiger partial charge in [-0.05, 0) is 19.8 Å². The summed E-state index contributed by atoms with van der Waals surface area (Å²) in [5, 5.41) is 0. The summed E-state index contributed by atoms with van der Waals surface area (Å²) in [4.78, 5) is 2.42. The summed E-state index contributed by atoms with van der Waals surface area (Å²) >= 11 is 0. The van der Waals surface area contributed by atoms with Gasteiger partial charge in [-0.15, -0.1) is 0 Å². The summed E-state index contributed by atoms with van der Waals surface area (Å²) < 4.78 is 1.82. The predicted molar refractivity (Wildman–Crippen MR) is 57.0 cm³/mol. The molecular formula is C11H19N2+. The first-order chi connectivity index (χ1) is 6.24. The molecule has 0 aromatic rings. The van der Waals surface area contributed by atoms with E-state index in [1.54, 1.807) is 0 Å². The van der Waals surface area contributed by atoms with Crippen LogP contribution in [0.5, 0.6) is 0 Å². The molecule has 0 atom stereocenters. The van der Waals surface area contributed by atoms with Crippen molar-refractivity contribution in [1.29, 1.82) is 0 Å². The van der Waals surface area contributed by atoms with Crippen molar-refractivity contribution >= 4 is 6.72 Å². The summed E-state index contributed by atoms with van der Waals surface area (Å²) in [6.07, 6.45) is 8.92. The molecule has 72 valence electrons. The smallest absolute Gasteiger partial charge is 0.170 e. The van der Waals surface area contributed by atoms with E-state index in [2.05, 4.69) is 30.7 Å². The lowest BCUT2D eigenvalue weighted by Crippen LogP contribution is -2.17. The van der Waals surface area contributed by atoms with Crippen LogP contribution < -0.4 is 0 Å². The molecule has 2 nitrogen and oxygen atoms in total. The van der Waals surface area contributed by atoms with Crippen LogP contribution in [0.3, 0.4) is 0 Å². The van der Waals surface area contributed by atoms with E-state index in [1.165, 1.54) is 31.6 Å². The highest BCUT2D eigenvalue weighted by atomic mass is 15.1. The first kappa shape index (κ1) is 10.0. The molecule has 0 aromatic heterocycles. The van der Waals surface area contributed by atoms with Crippen LogP contribution in [0.1, 0.15) is 19.8 Å². The van der Waals surface area contributed by atoms with Crippen molar-refractivity contribution in [1.82, 2.24) is 4.90 Å². The first-order valence-corrected chi connectivity index (χ1v) is 4.87. The van der Waals surface area contributed by atoms with Gasteiger partial charge in [0, 0.05) is 24.9 Å². The van der Waals surface area contributed by atoms with Gasteiger partial charge in [0.25, 0.3) is 0 Å². The van der Waals surface area contributed by atoms with Gasteiger partial charge in [0.1, 0.15) is 13.8 Å². The molecule has 1 heterocycles. The van der Waals surface area contributed by atoms with Crippen molar-refractivity contribution in [3.8, 4) is 0 Å². The molecule has 0 aliphatic carbocycles. The molecule has 2 heteroatoms. The highest BCUT2D eigenvalue weighted by molar-refractivity contribution is 5.19. The minimum atomic E-state index is 1.20. The maximum atomic E-state index is 3.77. The van der Waals surface area contributed by atoms with Crippen molar-refractivity contribution < 1.29 is 4.58 Å². The molecule has 0 aromatic carbocycles. The Hall–Kier alpha value is -1.05. The van der Waals surface area contributed by atoms with E-state index < -0.39 is 0 Å². The Morgan fingerprint density at radius 1 is 1.38 bits per heavy atom. The highest BCUT2D eigenvalue weighted by Gasteiger charge is 2.12. The molecular weight excluding hydrogens is 160 g/mol. The highest BCUT2D eigenvalue weighted by Crippen LogP contribution is 2.15. The third kappa shape index (κ3) is 3.05. The maximum absolute atomic E-state index is 3.77. The number of likely N-dealkylation sites (tertiary alicyclic amines) is 1. The molecule has 1 fully saturated rings. The topological polar surface area (TPSA) is 6.25 Å². The van der Waals surface area contributed by atoms with E-state index in [9.17, 15) is 0 Å². The number of rotatable bonds is 3. The third-order valence-electron chi connectivity index (χ3n) is 2.27. The van der Waals surface area contributed by atoms with E-state index in [0.29, 0.717) is 0 Å². The van der Waals surface area contributed by atoms with Crippen molar-refractivity contribution in [3.63, 3.8) is 0 Å². The molecule has 1 aliphatic heterocycles. The van der Waals surface area contributed by atoms with Crippen molar-refractivity contribution in [2.24, 2.45) is 0 Å². The van der Waals surface area contributed by atoms with Gasteiger partial charge < -0.3 is 4.90 Å². The predicted octanol–water partition coefficient (Wildman–Crippen LogP) is 1.84.